The Hall–Kier alpha value is -0.195. The zero-order valence-corrected chi connectivity index (χ0v) is 14.0. The number of hydrogen-bond acceptors (Lipinski definition) is 0. The lowest BCUT2D eigenvalue weighted by atomic mass is 9.46. The first-order chi connectivity index (χ1) is 8.20. The average molecular weight is 250 g/mol. The zero-order chi connectivity index (χ0) is 14.4. The van der Waals surface area contributed by atoms with Crippen LogP contribution in [0.1, 0.15) is 74.1 Å². The molecule has 18 heavy (non-hydrogen) atoms. The van der Waals surface area contributed by atoms with Crippen molar-refractivity contribution >= 4 is 7.28 Å². The van der Waals surface area contributed by atoms with Crippen molar-refractivity contribution < 1.29 is 0 Å². The molecule has 0 aromatic carbocycles. The van der Waals surface area contributed by atoms with Crippen LogP contribution in [0.3, 0.4) is 0 Å². The highest BCUT2D eigenvalue weighted by Gasteiger charge is 2.34. The molecule has 106 valence electrons. The van der Waals surface area contributed by atoms with Gasteiger partial charge in [-0.2, -0.15) is 0 Å². The monoisotopic (exact) mass is 250 g/mol. The van der Waals surface area contributed by atoms with Crippen molar-refractivity contribution in [1.29, 1.82) is 0 Å². The molecule has 0 heterocycles. The van der Waals surface area contributed by atoms with Gasteiger partial charge in [0.2, 0.25) is 0 Å². The van der Waals surface area contributed by atoms with E-state index in [0.717, 1.165) is 6.42 Å². The predicted octanol–water partition coefficient (Wildman–Crippen LogP) is 5.86. The fourth-order valence-corrected chi connectivity index (χ4v) is 3.34. The molecule has 1 heteroatoms. The lowest BCUT2D eigenvalue weighted by Crippen LogP contribution is -2.29. The molecule has 0 radical (unpaired) electrons. The van der Waals surface area contributed by atoms with Gasteiger partial charge in [-0.25, -0.2) is 0 Å². The van der Waals surface area contributed by atoms with Crippen LogP contribution in [-0.4, -0.2) is 7.28 Å². The third-order valence-corrected chi connectivity index (χ3v) is 4.40. The standard InChI is InChI=1S/C17H35B/c1-9-12-17(8,18-11-3)13-15(14(4)10-2)16(5,6)7/h15,18H,4,9-13H2,1-3,5-8H3. The maximum Gasteiger partial charge on any atom is 0.127 e. The molecule has 0 spiro atoms. The highest BCUT2D eigenvalue weighted by molar-refractivity contribution is 6.39. The lowest BCUT2D eigenvalue weighted by molar-refractivity contribution is 0.232. The molecule has 0 aliphatic rings. The topological polar surface area (TPSA) is 0 Å². The van der Waals surface area contributed by atoms with Crippen molar-refractivity contribution in [3.63, 3.8) is 0 Å². The molecule has 0 nitrogen and oxygen atoms in total. The molecule has 0 saturated carbocycles. The summed E-state index contributed by atoms with van der Waals surface area (Å²) in [6, 6.07) is 0. The van der Waals surface area contributed by atoms with Gasteiger partial charge in [0.1, 0.15) is 7.28 Å². The fraction of sp³-hybridized carbons (Fsp3) is 0.882. The van der Waals surface area contributed by atoms with Gasteiger partial charge in [0.15, 0.2) is 0 Å². The van der Waals surface area contributed by atoms with Gasteiger partial charge in [-0.3, -0.25) is 0 Å². The molecule has 0 saturated heterocycles. The van der Waals surface area contributed by atoms with Gasteiger partial charge >= 0.3 is 0 Å². The van der Waals surface area contributed by atoms with Gasteiger partial charge in [0, 0.05) is 0 Å². The van der Waals surface area contributed by atoms with Crippen molar-refractivity contribution in [3.8, 4) is 0 Å². The maximum atomic E-state index is 4.34. The second-order valence-corrected chi connectivity index (χ2v) is 7.45. The van der Waals surface area contributed by atoms with Crippen LogP contribution in [0.4, 0.5) is 0 Å². The van der Waals surface area contributed by atoms with Crippen LogP contribution in [-0.2, 0) is 0 Å². The van der Waals surface area contributed by atoms with Crippen LogP contribution in [0, 0.1) is 11.3 Å². The first-order valence-corrected chi connectivity index (χ1v) is 7.87. The normalized spacial score (nSPS) is 17.1. The number of allylic oxidation sites excluding steroid dienone is 1. The predicted molar refractivity (Wildman–Crippen MR) is 87.9 cm³/mol. The van der Waals surface area contributed by atoms with Gasteiger partial charge < -0.3 is 0 Å². The van der Waals surface area contributed by atoms with E-state index >= 15 is 0 Å². The molecule has 0 rings (SSSR count). The molecular weight excluding hydrogens is 215 g/mol. The summed E-state index contributed by atoms with van der Waals surface area (Å²) in [5.74, 6) is 0.658. The summed E-state index contributed by atoms with van der Waals surface area (Å²) in [5.41, 5.74) is 1.79. The van der Waals surface area contributed by atoms with Gasteiger partial charge in [0.25, 0.3) is 0 Å². The number of rotatable bonds is 8. The Labute approximate surface area is 117 Å². The minimum atomic E-state index is 0.343. The molecule has 2 unspecified atom stereocenters. The van der Waals surface area contributed by atoms with E-state index in [2.05, 4.69) is 55.0 Å². The quantitative estimate of drug-likeness (QED) is 0.374. The highest BCUT2D eigenvalue weighted by Crippen LogP contribution is 2.46. The van der Waals surface area contributed by atoms with E-state index in [9.17, 15) is 0 Å². The minimum Gasteiger partial charge on any atom is -0.0996 e. The third kappa shape index (κ3) is 5.63. The van der Waals surface area contributed by atoms with Gasteiger partial charge in [0.05, 0.1) is 0 Å². The van der Waals surface area contributed by atoms with E-state index in [0.29, 0.717) is 16.6 Å². The van der Waals surface area contributed by atoms with Crippen LogP contribution < -0.4 is 0 Å². The molecule has 0 bridgehead atoms. The average Bonchev–Trinajstić information content (AvgIpc) is 2.24. The second-order valence-electron chi connectivity index (χ2n) is 7.45. The summed E-state index contributed by atoms with van der Waals surface area (Å²) in [7, 11) is 1.35. The Morgan fingerprint density at radius 2 is 1.67 bits per heavy atom. The second kappa shape index (κ2) is 7.41. The lowest BCUT2D eigenvalue weighted by Gasteiger charge is -2.40. The summed E-state index contributed by atoms with van der Waals surface area (Å²) in [4.78, 5) is 0. The molecule has 0 aromatic heterocycles. The zero-order valence-electron chi connectivity index (χ0n) is 14.0. The Morgan fingerprint density at radius 1 is 1.11 bits per heavy atom. The Balaban J connectivity index is 4.98. The van der Waals surface area contributed by atoms with E-state index in [1.54, 1.807) is 0 Å². The number of hydrogen-bond donors (Lipinski definition) is 0. The van der Waals surface area contributed by atoms with E-state index in [1.807, 2.05) is 0 Å². The highest BCUT2D eigenvalue weighted by atomic mass is 14.4. The van der Waals surface area contributed by atoms with E-state index < -0.39 is 0 Å². The molecule has 2 atom stereocenters. The van der Waals surface area contributed by atoms with Gasteiger partial charge in [-0.05, 0) is 24.2 Å². The van der Waals surface area contributed by atoms with Crippen molar-refractivity contribution in [2.45, 2.75) is 85.8 Å². The largest absolute Gasteiger partial charge is 0.127 e. The third-order valence-electron chi connectivity index (χ3n) is 4.40. The van der Waals surface area contributed by atoms with Crippen molar-refractivity contribution in [1.82, 2.24) is 0 Å². The summed E-state index contributed by atoms with van der Waals surface area (Å²) >= 11 is 0. The van der Waals surface area contributed by atoms with Crippen LogP contribution in [0.2, 0.25) is 11.6 Å². The van der Waals surface area contributed by atoms with Crippen LogP contribution in [0.25, 0.3) is 0 Å². The van der Waals surface area contributed by atoms with E-state index in [4.69, 9.17) is 0 Å². The fourth-order valence-electron chi connectivity index (χ4n) is 3.34. The Bertz CT molecular complexity index is 241. The smallest absolute Gasteiger partial charge is 0.0996 e. The Kier molecular flexibility index (Phi) is 7.33. The van der Waals surface area contributed by atoms with Crippen molar-refractivity contribution in [3.05, 3.63) is 12.2 Å². The maximum absolute atomic E-state index is 4.34. The van der Waals surface area contributed by atoms with Crippen molar-refractivity contribution in [2.24, 2.45) is 11.3 Å². The molecular formula is C17H35B. The Morgan fingerprint density at radius 3 is 2.00 bits per heavy atom. The van der Waals surface area contributed by atoms with Crippen LogP contribution in [0.15, 0.2) is 12.2 Å². The summed E-state index contributed by atoms with van der Waals surface area (Å²) in [6.45, 7) is 20.8. The van der Waals surface area contributed by atoms with Crippen LogP contribution >= 0.6 is 0 Å². The van der Waals surface area contributed by atoms with Gasteiger partial charge in [-0.1, -0.05) is 85.1 Å². The molecule has 0 N–H and O–H groups in total. The van der Waals surface area contributed by atoms with E-state index in [-0.39, 0.29) is 0 Å². The molecule has 0 amide bonds. The summed E-state index contributed by atoms with van der Waals surface area (Å²) < 4.78 is 0. The molecule has 0 aromatic rings. The van der Waals surface area contributed by atoms with Crippen molar-refractivity contribution in [2.75, 3.05) is 0 Å². The van der Waals surface area contributed by atoms with E-state index in [1.165, 1.54) is 38.4 Å². The molecule has 0 aliphatic carbocycles. The van der Waals surface area contributed by atoms with Gasteiger partial charge in [-0.15, -0.1) is 0 Å². The van der Waals surface area contributed by atoms with Crippen LogP contribution in [0.5, 0.6) is 0 Å². The molecule has 0 aliphatic heterocycles. The summed E-state index contributed by atoms with van der Waals surface area (Å²) in [6.07, 6.45) is 6.38. The molecule has 0 fully saturated rings. The minimum absolute atomic E-state index is 0.343. The summed E-state index contributed by atoms with van der Waals surface area (Å²) in [5, 5.41) is 0.500. The first-order valence-electron chi connectivity index (χ1n) is 7.87. The first kappa shape index (κ1) is 17.8. The SMILES string of the molecule is C=C(CC)C(CC(C)(BCC)CCC)C(C)(C)C.